The van der Waals surface area contributed by atoms with Crippen molar-refractivity contribution in [3.8, 4) is 0 Å². The molecule has 1 aromatic rings. The number of carboxylic acids is 1. The molecule has 0 aliphatic rings. The molecule has 0 radical (unpaired) electrons. The molecule has 0 saturated carbocycles. The van der Waals surface area contributed by atoms with Gasteiger partial charge in [0.15, 0.2) is 0 Å². The molecule has 0 aromatic heterocycles. The molecule has 0 fully saturated rings. The number of rotatable bonds is 4. The molecule has 0 spiro atoms. The van der Waals surface area contributed by atoms with E-state index in [1.807, 2.05) is 0 Å². The van der Waals surface area contributed by atoms with E-state index >= 15 is 0 Å². The van der Waals surface area contributed by atoms with Crippen LogP contribution in [0.2, 0.25) is 0 Å². The second-order valence-corrected chi connectivity index (χ2v) is 3.93. The van der Waals surface area contributed by atoms with Crippen molar-refractivity contribution >= 4 is 23.6 Å². The molecule has 1 unspecified atom stereocenters. The Morgan fingerprint density at radius 2 is 1.95 bits per heavy atom. The standard InChI is InChI=1S/C12H14FN3O4/c1-6(10(17)14-2)15-12(20)16-9-4-3-7(11(18)19)5-8(9)13/h3-6H,1-2H3,(H,14,17)(H,18,19)(H2,15,16,20). The van der Waals surface area contributed by atoms with Gasteiger partial charge in [0.2, 0.25) is 5.91 Å². The Morgan fingerprint density at radius 3 is 2.45 bits per heavy atom. The van der Waals surface area contributed by atoms with E-state index in [0.29, 0.717) is 0 Å². The molecular weight excluding hydrogens is 269 g/mol. The summed E-state index contributed by atoms with van der Waals surface area (Å²) in [5.74, 6) is -2.55. The summed E-state index contributed by atoms with van der Waals surface area (Å²) in [5, 5.41) is 15.5. The van der Waals surface area contributed by atoms with Crippen molar-refractivity contribution in [2.45, 2.75) is 13.0 Å². The van der Waals surface area contributed by atoms with E-state index in [1.54, 1.807) is 0 Å². The molecule has 108 valence electrons. The highest BCUT2D eigenvalue weighted by atomic mass is 19.1. The van der Waals surface area contributed by atoms with Crippen LogP contribution >= 0.6 is 0 Å². The number of hydrogen-bond donors (Lipinski definition) is 4. The molecule has 1 rings (SSSR count). The monoisotopic (exact) mass is 283 g/mol. The molecule has 8 heteroatoms. The molecule has 0 saturated heterocycles. The fourth-order valence-corrected chi connectivity index (χ4v) is 1.39. The van der Waals surface area contributed by atoms with Crippen LogP contribution in [0.4, 0.5) is 14.9 Å². The SMILES string of the molecule is CNC(=O)C(C)NC(=O)Nc1ccc(C(=O)O)cc1F. The number of nitrogens with one attached hydrogen (secondary N) is 3. The quantitative estimate of drug-likeness (QED) is 0.655. The van der Waals surface area contributed by atoms with Gasteiger partial charge < -0.3 is 21.1 Å². The normalized spacial score (nSPS) is 11.3. The minimum absolute atomic E-state index is 0.184. The zero-order valence-electron chi connectivity index (χ0n) is 10.9. The molecule has 1 atom stereocenters. The van der Waals surface area contributed by atoms with Crippen LogP contribution in [0.15, 0.2) is 18.2 Å². The van der Waals surface area contributed by atoms with Crippen molar-refractivity contribution in [1.29, 1.82) is 0 Å². The van der Waals surface area contributed by atoms with Gasteiger partial charge in [-0.2, -0.15) is 0 Å². The number of amides is 3. The maximum atomic E-state index is 13.5. The first-order valence-electron chi connectivity index (χ1n) is 5.67. The predicted octanol–water partition coefficient (Wildman–Crippen LogP) is 0.780. The maximum absolute atomic E-state index is 13.5. The van der Waals surface area contributed by atoms with E-state index in [2.05, 4.69) is 16.0 Å². The van der Waals surface area contributed by atoms with Gasteiger partial charge in [0.25, 0.3) is 0 Å². The lowest BCUT2D eigenvalue weighted by Gasteiger charge is -2.13. The summed E-state index contributed by atoms with van der Waals surface area (Å²) in [6, 6.07) is 1.51. The highest BCUT2D eigenvalue weighted by Crippen LogP contribution is 2.15. The van der Waals surface area contributed by atoms with Crippen LogP contribution in [0.5, 0.6) is 0 Å². The molecule has 0 heterocycles. The van der Waals surface area contributed by atoms with Crippen LogP contribution in [0, 0.1) is 5.82 Å². The number of carbonyl (C=O) groups is 3. The molecule has 3 amide bonds. The lowest BCUT2D eigenvalue weighted by Crippen LogP contribution is -2.45. The van der Waals surface area contributed by atoms with Gasteiger partial charge in [0, 0.05) is 7.05 Å². The third-order valence-electron chi connectivity index (χ3n) is 2.45. The topological polar surface area (TPSA) is 108 Å². The van der Waals surface area contributed by atoms with Crippen molar-refractivity contribution in [3.63, 3.8) is 0 Å². The summed E-state index contributed by atoms with van der Waals surface area (Å²) in [5.41, 5.74) is -0.413. The third-order valence-corrected chi connectivity index (χ3v) is 2.45. The summed E-state index contributed by atoms with van der Waals surface area (Å²) < 4.78 is 13.5. The number of hydrogen-bond acceptors (Lipinski definition) is 3. The Morgan fingerprint density at radius 1 is 1.30 bits per heavy atom. The lowest BCUT2D eigenvalue weighted by molar-refractivity contribution is -0.122. The summed E-state index contributed by atoms with van der Waals surface area (Å²) in [7, 11) is 1.42. The number of likely N-dealkylation sites (N-methyl/N-ethyl adjacent to an activating group) is 1. The summed E-state index contributed by atoms with van der Waals surface area (Å²) in [6.45, 7) is 1.46. The number of benzene rings is 1. The number of aromatic carboxylic acids is 1. The molecule has 20 heavy (non-hydrogen) atoms. The fourth-order valence-electron chi connectivity index (χ4n) is 1.39. The first kappa shape index (κ1) is 15.4. The Bertz CT molecular complexity index is 548. The second-order valence-electron chi connectivity index (χ2n) is 3.93. The molecule has 0 aliphatic heterocycles. The van der Waals surface area contributed by atoms with Crippen molar-refractivity contribution in [1.82, 2.24) is 10.6 Å². The van der Waals surface area contributed by atoms with E-state index in [9.17, 15) is 18.8 Å². The van der Waals surface area contributed by atoms with Gasteiger partial charge in [-0.3, -0.25) is 4.79 Å². The molecule has 0 aliphatic carbocycles. The van der Waals surface area contributed by atoms with Gasteiger partial charge in [-0.05, 0) is 25.1 Å². The van der Waals surface area contributed by atoms with Gasteiger partial charge in [0.05, 0.1) is 11.3 Å². The van der Waals surface area contributed by atoms with Gasteiger partial charge in [-0.25, -0.2) is 14.0 Å². The lowest BCUT2D eigenvalue weighted by atomic mass is 10.2. The molecule has 1 aromatic carbocycles. The number of halogens is 1. The summed E-state index contributed by atoms with van der Waals surface area (Å²) >= 11 is 0. The van der Waals surface area contributed by atoms with Crippen molar-refractivity contribution < 1.29 is 23.9 Å². The first-order chi connectivity index (χ1) is 9.35. The maximum Gasteiger partial charge on any atom is 0.335 e. The predicted molar refractivity (Wildman–Crippen MR) is 69.0 cm³/mol. The van der Waals surface area contributed by atoms with Gasteiger partial charge >= 0.3 is 12.0 Å². The molecule has 0 bridgehead atoms. The molecular formula is C12H14FN3O4. The fraction of sp³-hybridized carbons (Fsp3) is 0.250. The van der Waals surface area contributed by atoms with Crippen molar-refractivity contribution in [2.24, 2.45) is 0 Å². The van der Waals surface area contributed by atoms with Crippen molar-refractivity contribution in [3.05, 3.63) is 29.6 Å². The number of carboxylic acid groups (broad SMARTS) is 1. The average Bonchev–Trinajstić information content (AvgIpc) is 2.39. The Kier molecular flexibility index (Phi) is 5.01. The Hall–Kier alpha value is -2.64. The summed E-state index contributed by atoms with van der Waals surface area (Å²) in [4.78, 5) is 33.4. The zero-order valence-corrected chi connectivity index (χ0v) is 10.9. The van der Waals surface area contributed by atoms with E-state index in [1.165, 1.54) is 14.0 Å². The minimum atomic E-state index is -1.27. The largest absolute Gasteiger partial charge is 0.478 e. The Labute approximate surface area is 114 Å². The first-order valence-corrected chi connectivity index (χ1v) is 5.67. The van der Waals surface area contributed by atoms with Crippen LogP contribution in [-0.2, 0) is 4.79 Å². The molecule has 7 nitrogen and oxygen atoms in total. The van der Waals surface area contributed by atoms with E-state index in [4.69, 9.17) is 5.11 Å². The minimum Gasteiger partial charge on any atom is -0.478 e. The van der Waals surface area contributed by atoms with Crippen LogP contribution < -0.4 is 16.0 Å². The third kappa shape index (κ3) is 3.94. The highest BCUT2D eigenvalue weighted by Gasteiger charge is 2.15. The van der Waals surface area contributed by atoms with Gasteiger partial charge in [-0.15, -0.1) is 0 Å². The van der Waals surface area contributed by atoms with E-state index in [-0.39, 0.29) is 11.3 Å². The number of urea groups is 1. The van der Waals surface area contributed by atoms with Gasteiger partial charge in [-0.1, -0.05) is 0 Å². The van der Waals surface area contributed by atoms with Crippen LogP contribution in [0.25, 0.3) is 0 Å². The second kappa shape index (κ2) is 6.50. The zero-order chi connectivity index (χ0) is 15.3. The summed E-state index contributed by atoms with van der Waals surface area (Å²) in [6.07, 6.45) is 0. The average molecular weight is 283 g/mol. The van der Waals surface area contributed by atoms with Crippen LogP contribution in [0.1, 0.15) is 17.3 Å². The van der Waals surface area contributed by atoms with E-state index in [0.717, 1.165) is 18.2 Å². The van der Waals surface area contributed by atoms with Crippen molar-refractivity contribution in [2.75, 3.05) is 12.4 Å². The van der Waals surface area contributed by atoms with Gasteiger partial charge in [0.1, 0.15) is 11.9 Å². The Balaban J connectivity index is 2.71. The number of carbonyl (C=O) groups excluding carboxylic acids is 2. The van der Waals surface area contributed by atoms with Crippen LogP contribution in [-0.4, -0.2) is 36.1 Å². The number of anilines is 1. The van der Waals surface area contributed by atoms with E-state index < -0.39 is 29.8 Å². The molecule has 4 N–H and O–H groups in total. The highest BCUT2D eigenvalue weighted by molar-refractivity contribution is 5.94. The smallest absolute Gasteiger partial charge is 0.335 e. The van der Waals surface area contributed by atoms with Crippen LogP contribution in [0.3, 0.4) is 0 Å².